The molecule has 0 spiro atoms. The zero-order chi connectivity index (χ0) is 16.3. The maximum atomic E-state index is 13.3. The van der Waals surface area contributed by atoms with Crippen molar-refractivity contribution in [3.63, 3.8) is 0 Å². The lowest BCUT2D eigenvalue weighted by Gasteiger charge is -2.09. The van der Waals surface area contributed by atoms with Gasteiger partial charge in [0, 0.05) is 18.7 Å². The molecule has 0 saturated heterocycles. The smallest absolute Gasteiger partial charge is 0.319 e. The molecule has 116 valence electrons. The maximum Gasteiger partial charge on any atom is 0.319 e. The molecule has 22 heavy (non-hydrogen) atoms. The number of hydrogen-bond donors (Lipinski definition) is 2. The van der Waals surface area contributed by atoms with Gasteiger partial charge in [0.15, 0.2) is 11.6 Å². The molecule has 0 bridgehead atoms. The van der Waals surface area contributed by atoms with Crippen molar-refractivity contribution in [1.82, 2.24) is 5.32 Å². The summed E-state index contributed by atoms with van der Waals surface area (Å²) in [5.74, 6) is -4.36. The minimum absolute atomic E-state index is 0.0167. The van der Waals surface area contributed by atoms with Crippen LogP contribution in [0.1, 0.15) is 5.56 Å². The molecule has 2 N–H and O–H groups in total. The number of carbonyl (C=O) groups excluding carboxylic acids is 1. The minimum atomic E-state index is -1.36. The van der Waals surface area contributed by atoms with E-state index >= 15 is 0 Å². The number of nitrogens with one attached hydrogen (secondary N) is 2. The Hall–Kier alpha value is -2.28. The number of benzene rings is 2. The number of hydrogen-bond acceptors (Lipinski definition) is 1. The highest BCUT2D eigenvalue weighted by Crippen LogP contribution is 2.18. The van der Waals surface area contributed by atoms with Gasteiger partial charge in [-0.3, -0.25) is 0 Å². The SMILES string of the molecule is O=C(NCc1ccc(F)c(Cl)c1)Nc1cc(F)c(F)cc1F. The minimum Gasteiger partial charge on any atom is -0.334 e. The fourth-order valence-electron chi connectivity index (χ4n) is 1.62. The zero-order valence-corrected chi connectivity index (χ0v) is 11.6. The van der Waals surface area contributed by atoms with E-state index in [0.29, 0.717) is 17.7 Å². The van der Waals surface area contributed by atoms with Crippen LogP contribution in [0, 0.1) is 23.3 Å². The lowest BCUT2D eigenvalue weighted by atomic mass is 10.2. The molecule has 2 amide bonds. The van der Waals surface area contributed by atoms with Gasteiger partial charge in [0.2, 0.25) is 0 Å². The highest BCUT2D eigenvalue weighted by atomic mass is 35.5. The summed E-state index contributed by atoms with van der Waals surface area (Å²) in [5, 5.41) is 4.27. The van der Waals surface area contributed by atoms with Gasteiger partial charge in [-0.25, -0.2) is 22.4 Å². The van der Waals surface area contributed by atoms with Crippen LogP contribution in [0.3, 0.4) is 0 Å². The average molecular weight is 333 g/mol. The molecule has 3 nitrogen and oxygen atoms in total. The van der Waals surface area contributed by atoms with E-state index in [1.54, 1.807) is 0 Å². The summed E-state index contributed by atoms with van der Waals surface area (Å²) >= 11 is 5.58. The summed E-state index contributed by atoms with van der Waals surface area (Å²) in [6, 6.07) is 3.86. The summed E-state index contributed by atoms with van der Waals surface area (Å²) < 4.78 is 52.0. The summed E-state index contributed by atoms with van der Waals surface area (Å²) in [6.07, 6.45) is 0. The van der Waals surface area contributed by atoms with Crippen molar-refractivity contribution in [3.05, 3.63) is 64.2 Å². The molecule has 0 saturated carbocycles. The summed E-state index contributed by atoms with van der Waals surface area (Å²) in [7, 11) is 0. The van der Waals surface area contributed by atoms with Crippen LogP contribution in [0.15, 0.2) is 30.3 Å². The van der Waals surface area contributed by atoms with E-state index in [2.05, 4.69) is 5.32 Å². The number of amides is 2. The molecule has 2 aromatic carbocycles. The van der Waals surface area contributed by atoms with Gasteiger partial charge in [0.1, 0.15) is 11.6 Å². The van der Waals surface area contributed by atoms with Crippen LogP contribution < -0.4 is 10.6 Å². The predicted octanol–water partition coefficient (Wildman–Crippen LogP) is 4.22. The first-order chi connectivity index (χ1) is 10.4. The Kier molecular flexibility index (Phi) is 4.87. The lowest BCUT2D eigenvalue weighted by molar-refractivity contribution is 0.251. The van der Waals surface area contributed by atoms with Gasteiger partial charge in [-0.15, -0.1) is 0 Å². The summed E-state index contributed by atoms with van der Waals surface area (Å²) in [6.45, 7) is -0.0167. The zero-order valence-electron chi connectivity index (χ0n) is 10.9. The molecule has 0 atom stereocenters. The number of anilines is 1. The second kappa shape index (κ2) is 6.65. The van der Waals surface area contributed by atoms with Crippen LogP contribution in [-0.2, 0) is 6.54 Å². The second-order valence-corrected chi connectivity index (χ2v) is 4.71. The Bertz CT molecular complexity index is 724. The van der Waals surface area contributed by atoms with E-state index in [1.807, 2.05) is 5.32 Å². The molecule has 0 unspecified atom stereocenters. The predicted molar refractivity (Wildman–Crippen MR) is 73.6 cm³/mol. The van der Waals surface area contributed by atoms with E-state index < -0.39 is 35.0 Å². The third-order valence-corrected chi connectivity index (χ3v) is 2.98. The molecule has 0 heterocycles. The first-order valence-electron chi connectivity index (χ1n) is 6.00. The topological polar surface area (TPSA) is 41.1 Å². The standard InChI is InChI=1S/C14H9ClF4N2O/c15-8-3-7(1-2-9(8)16)6-20-14(22)21-13-5-11(18)10(17)4-12(13)19/h1-5H,6H2,(H2,20,21,22). The molecule has 0 aliphatic heterocycles. The van der Waals surface area contributed by atoms with Crippen molar-refractivity contribution in [2.75, 3.05) is 5.32 Å². The van der Waals surface area contributed by atoms with Gasteiger partial charge >= 0.3 is 6.03 Å². The van der Waals surface area contributed by atoms with E-state index in [1.165, 1.54) is 12.1 Å². The Morgan fingerprint density at radius 1 is 0.955 bits per heavy atom. The Labute approximate surface area is 127 Å². The average Bonchev–Trinajstić information content (AvgIpc) is 2.46. The highest BCUT2D eigenvalue weighted by molar-refractivity contribution is 6.30. The normalized spacial score (nSPS) is 10.4. The Morgan fingerprint density at radius 3 is 2.32 bits per heavy atom. The quantitative estimate of drug-likeness (QED) is 0.641. The second-order valence-electron chi connectivity index (χ2n) is 4.30. The summed E-state index contributed by atoms with van der Waals surface area (Å²) in [4.78, 5) is 11.6. The van der Waals surface area contributed by atoms with Gasteiger partial charge in [0.05, 0.1) is 10.7 Å². The molecule has 2 aromatic rings. The fraction of sp³-hybridized carbons (Fsp3) is 0.0714. The molecule has 0 aliphatic carbocycles. The summed E-state index contributed by atoms with van der Waals surface area (Å²) in [5.41, 5.74) is 0.000784. The number of rotatable bonds is 3. The lowest BCUT2D eigenvalue weighted by Crippen LogP contribution is -2.28. The van der Waals surface area contributed by atoms with Crippen molar-refractivity contribution >= 4 is 23.3 Å². The molecule has 0 radical (unpaired) electrons. The highest BCUT2D eigenvalue weighted by Gasteiger charge is 2.12. The third-order valence-electron chi connectivity index (χ3n) is 2.70. The first-order valence-corrected chi connectivity index (χ1v) is 6.38. The Morgan fingerprint density at radius 2 is 1.64 bits per heavy atom. The Balaban J connectivity index is 1.98. The molecular weight excluding hydrogens is 324 g/mol. The van der Waals surface area contributed by atoms with Crippen molar-refractivity contribution in [3.8, 4) is 0 Å². The van der Waals surface area contributed by atoms with E-state index in [0.717, 1.165) is 6.07 Å². The van der Waals surface area contributed by atoms with Gasteiger partial charge in [0.25, 0.3) is 0 Å². The van der Waals surface area contributed by atoms with Crippen molar-refractivity contribution in [2.45, 2.75) is 6.54 Å². The molecule has 0 fully saturated rings. The van der Waals surface area contributed by atoms with E-state index in [9.17, 15) is 22.4 Å². The largest absolute Gasteiger partial charge is 0.334 e. The fourth-order valence-corrected chi connectivity index (χ4v) is 1.82. The molecule has 2 rings (SSSR count). The van der Waals surface area contributed by atoms with Gasteiger partial charge in [-0.05, 0) is 17.7 Å². The first kappa shape index (κ1) is 16.1. The van der Waals surface area contributed by atoms with E-state index in [4.69, 9.17) is 11.6 Å². The molecule has 0 aliphatic rings. The van der Waals surface area contributed by atoms with Gasteiger partial charge in [-0.2, -0.15) is 0 Å². The van der Waals surface area contributed by atoms with Crippen molar-refractivity contribution in [1.29, 1.82) is 0 Å². The van der Waals surface area contributed by atoms with Gasteiger partial charge in [-0.1, -0.05) is 17.7 Å². The number of urea groups is 1. The van der Waals surface area contributed by atoms with Crippen LogP contribution >= 0.6 is 11.6 Å². The number of carbonyl (C=O) groups is 1. The molecule has 8 heteroatoms. The van der Waals surface area contributed by atoms with Gasteiger partial charge < -0.3 is 10.6 Å². The van der Waals surface area contributed by atoms with Crippen LogP contribution in [0.2, 0.25) is 5.02 Å². The maximum absolute atomic E-state index is 13.3. The molecular formula is C14H9ClF4N2O. The van der Waals surface area contributed by atoms with Crippen molar-refractivity contribution in [2.24, 2.45) is 0 Å². The van der Waals surface area contributed by atoms with Crippen LogP contribution in [-0.4, -0.2) is 6.03 Å². The third kappa shape index (κ3) is 3.88. The number of halogens is 5. The van der Waals surface area contributed by atoms with E-state index in [-0.39, 0.29) is 11.6 Å². The molecule has 0 aromatic heterocycles. The van der Waals surface area contributed by atoms with Crippen LogP contribution in [0.5, 0.6) is 0 Å². The monoisotopic (exact) mass is 332 g/mol. The van der Waals surface area contributed by atoms with Crippen LogP contribution in [0.25, 0.3) is 0 Å². The van der Waals surface area contributed by atoms with Crippen LogP contribution in [0.4, 0.5) is 28.0 Å². The van der Waals surface area contributed by atoms with Crippen molar-refractivity contribution < 1.29 is 22.4 Å².